The average Bonchev–Trinajstić information content (AvgIpc) is 4.35. The molecule has 5 atom stereocenters. The maximum atomic E-state index is 14.1. The van der Waals surface area contributed by atoms with Crippen molar-refractivity contribution in [1.29, 1.82) is 0 Å². The lowest BCUT2D eigenvalue weighted by Gasteiger charge is -2.25. The number of primary amides is 1. The van der Waals surface area contributed by atoms with Crippen molar-refractivity contribution in [2.24, 2.45) is 11.7 Å². The number of ether oxygens (including phenoxy) is 1. The number of carbonyl (C=O) groups excluding carboxylic acids is 7. The normalized spacial score (nSPS) is 17.2. The summed E-state index contributed by atoms with van der Waals surface area (Å²) in [5.41, 5.74) is 9.77. The largest absolute Gasteiger partial charge is 0.507 e. The number of fused-ring (bicyclic) bond motifs is 6. The first kappa shape index (κ1) is 57.8. The maximum Gasteiger partial charge on any atom is 0.312 e. The minimum absolute atomic E-state index is 0.00773. The summed E-state index contributed by atoms with van der Waals surface area (Å²) in [5.74, 6) is -0.867. The second-order valence-electron chi connectivity index (χ2n) is 21.0. The highest BCUT2D eigenvalue weighted by molar-refractivity contribution is 6.19. The molecule has 5 aromatic carbocycles. The van der Waals surface area contributed by atoms with Gasteiger partial charge in [0.15, 0.2) is 0 Å². The summed E-state index contributed by atoms with van der Waals surface area (Å²) in [5, 5.41) is 25.3. The third-order valence-corrected chi connectivity index (χ3v) is 15.9. The molecule has 5 aromatic rings. The number of hydrogen-bond donors (Lipinski definition) is 6. The van der Waals surface area contributed by atoms with Gasteiger partial charge < -0.3 is 51.5 Å². The molecule has 3 aliphatic heterocycles. The quantitative estimate of drug-likeness (QED) is 0.0242. The van der Waals surface area contributed by atoms with Gasteiger partial charge in [0.2, 0.25) is 35.4 Å². The number of halogens is 2. The molecular weight excluding hydrogens is 1050 g/mol. The minimum Gasteiger partial charge on any atom is -0.507 e. The zero-order chi connectivity index (χ0) is 56.3. The molecule has 8 rings (SSSR count). The van der Waals surface area contributed by atoms with Crippen molar-refractivity contribution in [2.45, 2.75) is 115 Å². The van der Waals surface area contributed by atoms with Gasteiger partial charge in [0.1, 0.15) is 30.2 Å². The molecule has 0 radical (unpaired) electrons. The molecular formula is C60H70Cl2N8O9. The van der Waals surface area contributed by atoms with Crippen molar-refractivity contribution >= 4 is 103 Å². The average molecular weight is 1120 g/mol. The highest BCUT2D eigenvalue weighted by Gasteiger charge is 2.37. The van der Waals surface area contributed by atoms with Crippen LogP contribution in [0, 0.1) is 5.92 Å². The van der Waals surface area contributed by atoms with Crippen LogP contribution in [0.2, 0.25) is 0 Å². The van der Waals surface area contributed by atoms with E-state index in [2.05, 4.69) is 21.3 Å². The van der Waals surface area contributed by atoms with Crippen LogP contribution in [0.25, 0.3) is 21.5 Å². The first-order valence-electron chi connectivity index (χ1n) is 27.2. The molecule has 3 heterocycles. The predicted molar refractivity (Wildman–Crippen MR) is 309 cm³/mol. The van der Waals surface area contributed by atoms with Crippen LogP contribution in [-0.4, -0.2) is 108 Å². The zero-order valence-corrected chi connectivity index (χ0v) is 46.4. The molecule has 0 bridgehead atoms. The molecule has 0 fully saturated rings. The molecule has 8 amide bonds. The van der Waals surface area contributed by atoms with E-state index in [1.54, 1.807) is 52.8 Å². The first-order chi connectivity index (χ1) is 38.1. The molecule has 0 aromatic heterocycles. The van der Waals surface area contributed by atoms with E-state index in [1.165, 1.54) is 0 Å². The Morgan fingerprint density at radius 2 is 1.34 bits per heavy atom. The van der Waals surface area contributed by atoms with E-state index in [4.69, 9.17) is 33.7 Å². The second kappa shape index (κ2) is 26.5. The molecule has 2 unspecified atom stereocenters. The Bertz CT molecular complexity index is 3120. The number of unbranched alkanes of at least 4 members (excludes halogenated alkanes) is 2. The van der Waals surface area contributed by atoms with Crippen molar-refractivity contribution in [1.82, 2.24) is 20.9 Å². The van der Waals surface area contributed by atoms with Gasteiger partial charge in [-0.1, -0.05) is 87.0 Å². The topological polar surface area (TPSA) is 233 Å². The number of hydrogen-bond acceptors (Lipinski definition) is 9. The fourth-order valence-corrected chi connectivity index (χ4v) is 11.4. The number of urea groups is 1. The van der Waals surface area contributed by atoms with E-state index in [9.17, 15) is 38.7 Å². The van der Waals surface area contributed by atoms with Crippen molar-refractivity contribution in [3.63, 3.8) is 0 Å². The number of nitrogens with two attached hydrogens (primary N) is 1. The van der Waals surface area contributed by atoms with Crippen LogP contribution in [-0.2, 0) is 35.4 Å². The summed E-state index contributed by atoms with van der Waals surface area (Å²) < 4.78 is 6.51. The van der Waals surface area contributed by atoms with Crippen molar-refractivity contribution in [2.75, 3.05) is 53.1 Å². The van der Waals surface area contributed by atoms with Crippen LogP contribution in [0.1, 0.15) is 107 Å². The van der Waals surface area contributed by atoms with Crippen LogP contribution >= 0.6 is 23.2 Å². The van der Waals surface area contributed by atoms with Crippen LogP contribution in [0.15, 0.2) is 97.1 Å². The van der Waals surface area contributed by atoms with Gasteiger partial charge in [-0.2, -0.15) is 0 Å². The summed E-state index contributed by atoms with van der Waals surface area (Å²) >= 11 is 13.0. The molecule has 0 aliphatic carbocycles. The number of alkyl halides is 2. The van der Waals surface area contributed by atoms with E-state index in [0.717, 1.165) is 45.7 Å². The number of anilines is 3. The maximum absolute atomic E-state index is 14.1. The Morgan fingerprint density at radius 1 is 0.734 bits per heavy atom. The minimum atomic E-state index is -1.02. The molecule has 19 heteroatoms. The number of amides is 8. The summed E-state index contributed by atoms with van der Waals surface area (Å²) in [4.78, 5) is 97.3. The van der Waals surface area contributed by atoms with E-state index in [1.807, 2.05) is 79.7 Å². The Kier molecular flexibility index (Phi) is 19.4. The van der Waals surface area contributed by atoms with E-state index < -0.39 is 29.9 Å². The Balaban J connectivity index is 0.878. The highest BCUT2D eigenvalue weighted by atomic mass is 35.5. The van der Waals surface area contributed by atoms with E-state index >= 15 is 0 Å². The van der Waals surface area contributed by atoms with Crippen molar-refractivity contribution in [3.8, 4) is 11.5 Å². The number of nitrogens with zero attached hydrogens (tertiary/aromatic N) is 3. The van der Waals surface area contributed by atoms with E-state index in [0.29, 0.717) is 78.9 Å². The lowest BCUT2D eigenvalue weighted by atomic mass is 9.95. The SMILES string of the molecule is CC(C)[C@H](NC(=O)CCCCCN1C(=O)C=CC1C)C(=O)N[C@@H](CCCNC(N)=O)C(=O)Nc1ccc(COc2cc3c(c4ccccc24)C(CCl)CN3C(=O)CCCC(=O)N2C[C@@H](CCl)c3c2cc(O)c2ccccc32)cc1. The monoisotopic (exact) mass is 1120 g/mol. The molecule has 7 N–H and O–H groups in total. The van der Waals surface area contributed by atoms with Gasteiger partial charge in [-0.3, -0.25) is 28.8 Å². The third-order valence-electron chi connectivity index (χ3n) is 15.1. The molecule has 418 valence electrons. The Hall–Kier alpha value is -7.37. The first-order valence-corrected chi connectivity index (χ1v) is 28.3. The van der Waals surface area contributed by atoms with Crippen LogP contribution in [0.5, 0.6) is 11.5 Å². The smallest absolute Gasteiger partial charge is 0.312 e. The Labute approximate surface area is 470 Å². The van der Waals surface area contributed by atoms with Gasteiger partial charge in [-0.15, -0.1) is 23.2 Å². The zero-order valence-electron chi connectivity index (χ0n) is 44.9. The summed E-state index contributed by atoms with van der Waals surface area (Å²) in [7, 11) is 0. The van der Waals surface area contributed by atoms with Crippen molar-refractivity contribution in [3.05, 3.63) is 114 Å². The lowest BCUT2D eigenvalue weighted by Crippen LogP contribution is -2.54. The van der Waals surface area contributed by atoms with Gasteiger partial charge >= 0.3 is 6.03 Å². The molecule has 0 spiro atoms. The number of carbonyl (C=O) groups is 7. The van der Waals surface area contributed by atoms with Crippen LogP contribution < -0.4 is 41.5 Å². The Morgan fingerprint density at radius 3 is 1.94 bits per heavy atom. The molecule has 3 aliphatic rings. The number of phenols is 1. The van der Waals surface area contributed by atoms with Gasteiger partial charge in [0, 0.05) is 110 Å². The number of benzene rings is 5. The molecule has 0 saturated carbocycles. The summed E-state index contributed by atoms with van der Waals surface area (Å²) in [6.45, 7) is 7.27. The highest BCUT2D eigenvalue weighted by Crippen LogP contribution is 2.47. The lowest BCUT2D eigenvalue weighted by molar-refractivity contribution is -0.132. The fourth-order valence-electron chi connectivity index (χ4n) is 10.9. The number of aromatic hydroxyl groups is 1. The number of nitrogens with one attached hydrogen (secondary N) is 4. The third kappa shape index (κ3) is 13.7. The molecule has 0 saturated heterocycles. The summed E-state index contributed by atoms with van der Waals surface area (Å²) in [6, 6.07) is 23.4. The van der Waals surface area contributed by atoms with Crippen LogP contribution in [0.3, 0.4) is 0 Å². The predicted octanol–water partition coefficient (Wildman–Crippen LogP) is 8.85. The standard InChI is InChI=1S/C60H70Cl2N8O9/c1-36(2)57(67-51(72)18-5-4-10-28-68-37(3)21-26-54(68)75)59(77)66-46(17-12-27-64-60(63)78)58(76)65-41-24-22-38(23-25-41)35-79-50-30-48-56(45-16-9-7-14-43(45)50)40(32-62)34-70(48)53(74)20-11-19-52(73)69-33-39(31-61)55-44-15-8-6-13-42(44)49(71)29-47(55)69/h6-9,13-16,21-26,29-30,36-37,39-40,46,57,71H,4-5,10-12,17-20,27-28,31-35H2,1-3H3,(H,65,76)(H,66,77)(H,67,72)(H3,63,64,78)/t37?,39-,40?,46+,57+/m1/s1. The van der Waals surface area contributed by atoms with E-state index in [-0.39, 0.29) is 92.0 Å². The van der Waals surface area contributed by atoms with Gasteiger partial charge in [-0.25, -0.2) is 4.79 Å². The van der Waals surface area contributed by atoms with Gasteiger partial charge in [-0.05, 0) is 84.5 Å². The number of rotatable bonds is 25. The number of phenolic OH excluding ortho intramolecular Hbond substituents is 1. The summed E-state index contributed by atoms with van der Waals surface area (Å²) in [6.07, 6.45) is 6.75. The van der Waals surface area contributed by atoms with Crippen molar-refractivity contribution < 1.29 is 43.4 Å². The van der Waals surface area contributed by atoms with Gasteiger partial charge in [0.05, 0.1) is 11.4 Å². The fraction of sp³-hybridized carbons (Fsp3) is 0.417. The van der Waals surface area contributed by atoms with Crippen LogP contribution in [0.4, 0.5) is 21.9 Å². The van der Waals surface area contributed by atoms with Gasteiger partial charge in [0.25, 0.3) is 0 Å². The second-order valence-corrected chi connectivity index (χ2v) is 21.6. The molecule has 79 heavy (non-hydrogen) atoms. The molecule has 17 nitrogen and oxygen atoms in total.